The molecule has 5 rings (SSSR count). The zero-order valence-electron chi connectivity index (χ0n) is 13.9. The van der Waals surface area contributed by atoms with Gasteiger partial charge in [0.25, 0.3) is 5.56 Å². The molecule has 27 heavy (non-hydrogen) atoms. The Bertz CT molecular complexity index is 1310. The number of benzene rings is 2. The number of nitrogens with zero attached hydrogens (tertiary/aromatic N) is 3. The van der Waals surface area contributed by atoms with E-state index in [-0.39, 0.29) is 11.4 Å². The van der Waals surface area contributed by atoms with Crippen molar-refractivity contribution in [3.8, 4) is 17.1 Å². The lowest BCUT2D eigenvalue weighted by molar-refractivity contribution is 0.352. The van der Waals surface area contributed by atoms with Crippen LogP contribution in [-0.4, -0.2) is 21.2 Å². The van der Waals surface area contributed by atoms with Gasteiger partial charge in [-0.25, -0.2) is 4.39 Å². The minimum absolute atomic E-state index is 0.226. The standard InChI is InChI=1S/C20H12FN3O2S/c21-15-7-5-13(6-8-15)18-22-20-24(23-18)19(25)17(27-20)10-12-9-14-3-1-2-4-16(14)26-11-12/h1-10H,11H2/b17-10+. The van der Waals surface area contributed by atoms with Crippen LogP contribution < -0.4 is 14.8 Å². The van der Waals surface area contributed by atoms with E-state index in [1.165, 1.54) is 28.0 Å². The van der Waals surface area contributed by atoms with Gasteiger partial charge in [-0.15, -0.1) is 5.10 Å². The molecule has 4 aromatic rings. The summed E-state index contributed by atoms with van der Waals surface area (Å²) in [6, 6.07) is 13.6. The normalized spacial score (nSPS) is 14.1. The third kappa shape index (κ3) is 2.82. The highest BCUT2D eigenvalue weighted by Gasteiger charge is 2.14. The van der Waals surface area contributed by atoms with Gasteiger partial charge in [-0.1, -0.05) is 29.5 Å². The highest BCUT2D eigenvalue weighted by Crippen LogP contribution is 2.26. The molecule has 3 heterocycles. The first kappa shape index (κ1) is 15.9. The molecule has 132 valence electrons. The van der Waals surface area contributed by atoms with Gasteiger partial charge in [0.2, 0.25) is 4.96 Å². The Balaban J connectivity index is 1.56. The van der Waals surface area contributed by atoms with E-state index in [1.807, 2.05) is 36.4 Å². The summed E-state index contributed by atoms with van der Waals surface area (Å²) in [5.41, 5.74) is 2.34. The van der Waals surface area contributed by atoms with Crippen LogP contribution in [0.1, 0.15) is 5.56 Å². The van der Waals surface area contributed by atoms with Crippen LogP contribution in [0.2, 0.25) is 0 Å². The number of hydrogen-bond donors (Lipinski definition) is 0. The average Bonchev–Trinajstić information content (AvgIpc) is 3.22. The van der Waals surface area contributed by atoms with Gasteiger partial charge in [0.15, 0.2) is 5.82 Å². The molecule has 0 radical (unpaired) electrons. The van der Waals surface area contributed by atoms with Gasteiger partial charge in [0, 0.05) is 11.1 Å². The van der Waals surface area contributed by atoms with Crippen LogP contribution >= 0.6 is 11.3 Å². The summed E-state index contributed by atoms with van der Waals surface area (Å²) < 4.78 is 20.6. The maximum absolute atomic E-state index is 13.1. The summed E-state index contributed by atoms with van der Waals surface area (Å²) in [5.74, 6) is 0.911. The summed E-state index contributed by atoms with van der Waals surface area (Å²) in [4.78, 5) is 17.6. The second-order valence-corrected chi connectivity index (χ2v) is 7.11. The van der Waals surface area contributed by atoms with Gasteiger partial charge in [0.1, 0.15) is 18.2 Å². The van der Waals surface area contributed by atoms with Crippen molar-refractivity contribution in [3.63, 3.8) is 0 Å². The predicted octanol–water partition coefficient (Wildman–Crippen LogP) is 2.93. The van der Waals surface area contributed by atoms with E-state index in [1.54, 1.807) is 12.1 Å². The summed E-state index contributed by atoms with van der Waals surface area (Å²) in [6.07, 6.45) is 3.83. The number of fused-ring (bicyclic) bond motifs is 2. The fourth-order valence-corrected chi connectivity index (χ4v) is 3.86. The van der Waals surface area contributed by atoms with Crippen molar-refractivity contribution in [1.82, 2.24) is 14.6 Å². The quantitative estimate of drug-likeness (QED) is 0.539. The van der Waals surface area contributed by atoms with E-state index in [0.29, 0.717) is 27.5 Å². The molecule has 7 heteroatoms. The average molecular weight is 377 g/mol. The third-order valence-electron chi connectivity index (χ3n) is 4.26. The minimum Gasteiger partial charge on any atom is -0.488 e. The van der Waals surface area contributed by atoms with Crippen molar-refractivity contribution < 1.29 is 9.13 Å². The SMILES string of the molecule is O=c1/c(=C\C2=Cc3ccccc3OC2)sc2nc(-c3ccc(F)cc3)nn12. The maximum atomic E-state index is 13.1. The molecule has 0 N–H and O–H groups in total. The van der Waals surface area contributed by atoms with E-state index in [0.717, 1.165) is 16.9 Å². The first-order chi connectivity index (χ1) is 13.2. The van der Waals surface area contributed by atoms with E-state index < -0.39 is 0 Å². The molecule has 0 aliphatic carbocycles. The van der Waals surface area contributed by atoms with Crippen LogP contribution in [0.25, 0.3) is 28.5 Å². The predicted molar refractivity (Wildman–Crippen MR) is 102 cm³/mol. The molecule has 2 aromatic carbocycles. The molecule has 0 fully saturated rings. The van der Waals surface area contributed by atoms with Gasteiger partial charge in [-0.05, 0) is 48.1 Å². The number of para-hydroxylation sites is 1. The van der Waals surface area contributed by atoms with Gasteiger partial charge in [-0.3, -0.25) is 4.79 Å². The Kier molecular flexibility index (Phi) is 3.61. The number of ether oxygens (including phenoxy) is 1. The first-order valence-electron chi connectivity index (χ1n) is 8.27. The molecular weight excluding hydrogens is 365 g/mol. The van der Waals surface area contributed by atoms with Crippen LogP contribution in [0.5, 0.6) is 5.75 Å². The van der Waals surface area contributed by atoms with Crippen LogP contribution in [0.4, 0.5) is 4.39 Å². The highest BCUT2D eigenvalue weighted by molar-refractivity contribution is 7.15. The summed E-state index contributed by atoms with van der Waals surface area (Å²) >= 11 is 1.27. The van der Waals surface area contributed by atoms with E-state index in [2.05, 4.69) is 10.1 Å². The Labute approximate surface area is 156 Å². The largest absolute Gasteiger partial charge is 0.488 e. The third-order valence-corrected chi connectivity index (χ3v) is 5.21. The molecule has 1 aliphatic rings. The van der Waals surface area contributed by atoms with Crippen LogP contribution in [0.3, 0.4) is 0 Å². The second kappa shape index (κ2) is 6.14. The maximum Gasteiger partial charge on any atom is 0.291 e. The second-order valence-electron chi connectivity index (χ2n) is 6.10. The zero-order valence-corrected chi connectivity index (χ0v) is 14.7. The van der Waals surface area contributed by atoms with Gasteiger partial charge in [-0.2, -0.15) is 9.50 Å². The Morgan fingerprint density at radius 3 is 2.78 bits per heavy atom. The molecule has 0 bridgehead atoms. The molecule has 2 aromatic heterocycles. The molecule has 0 amide bonds. The van der Waals surface area contributed by atoms with E-state index >= 15 is 0 Å². The number of hydrogen-bond acceptors (Lipinski definition) is 5. The Morgan fingerprint density at radius 1 is 1.15 bits per heavy atom. The van der Waals surface area contributed by atoms with Crippen molar-refractivity contribution in [1.29, 1.82) is 0 Å². The fourth-order valence-electron chi connectivity index (χ4n) is 2.94. The topological polar surface area (TPSA) is 56.5 Å². The molecule has 0 unspecified atom stereocenters. The monoisotopic (exact) mass is 377 g/mol. The van der Waals surface area contributed by atoms with Crippen molar-refractivity contribution in [3.05, 3.63) is 80.4 Å². The van der Waals surface area contributed by atoms with Crippen LogP contribution in [0, 0.1) is 5.82 Å². The minimum atomic E-state index is -0.328. The molecule has 0 spiro atoms. The van der Waals surface area contributed by atoms with Crippen molar-refractivity contribution in [2.75, 3.05) is 6.61 Å². The molecule has 1 aliphatic heterocycles. The highest BCUT2D eigenvalue weighted by atomic mass is 32.1. The van der Waals surface area contributed by atoms with Crippen molar-refractivity contribution >= 4 is 28.4 Å². The lowest BCUT2D eigenvalue weighted by Gasteiger charge is -2.15. The van der Waals surface area contributed by atoms with Crippen LogP contribution in [0.15, 0.2) is 58.9 Å². The summed E-state index contributed by atoms with van der Waals surface area (Å²) in [5, 5.41) is 4.27. The lowest BCUT2D eigenvalue weighted by atomic mass is 10.1. The number of halogens is 1. The summed E-state index contributed by atoms with van der Waals surface area (Å²) in [6.45, 7) is 0.408. The van der Waals surface area contributed by atoms with E-state index in [9.17, 15) is 9.18 Å². The molecule has 0 atom stereocenters. The lowest BCUT2D eigenvalue weighted by Crippen LogP contribution is -2.24. The number of thiazole rings is 1. The van der Waals surface area contributed by atoms with Gasteiger partial charge in [0.05, 0.1) is 4.53 Å². The van der Waals surface area contributed by atoms with E-state index in [4.69, 9.17) is 4.74 Å². The molecule has 5 nitrogen and oxygen atoms in total. The Morgan fingerprint density at radius 2 is 1.96 bits per heavy atom. The van der Waals surface area contributed by atoms with Crippen molar-refractivity contribution in [2.45, 2.75) is 0 Å². The fraction of sp³-hybridized carbons (Fsp3) is 0.0500. The number of aromatic nitrogens is 3. The van der Waals surface area contributed by atoms with Gasteiger partial charge >= 0.3 is 0 Å². The van der Waals surface area contributed by atoms with Crippen molar-refractivity contribution in [2.24, 2.45) is 0 Å². The Hall–Kier alpha value is -3.32. The molecular formula is C20H12FN3O2S. The first-order valence-corrected chi connectivity index (χ1v) is 9.09. The van der Waals surface area contributed by atoms with Crippen LogP contribution in [-0.2, 0) is 0 Å². The van der Waals surface area contributed by atoms with Gasteiger partial charge < -0.3 is 4.74 Å². The number of rotatable bonds is 2. The molecule has 0 saturated heterocycles. The zero-order chi connectivity index (χ0) is 18.4. The molecule has 0 saturated carbocycles. The summed E-state index contributed by atoms with van der Waals surface area (Å²) in [7, 11) is 0. The smallest absolute Gasteiger partial charge is 0.291 e.